The molecule has 0 spiro atoms. The minimum atomic E-state index is -0.171. The minimum Gasteiger partial charge on any atom is -0.450 e. The number of rotatable bonds is 0. The van der Waals surface area contributed by atoms with Crippen LogP contribution in [0.2, 0.25) is 0 Å². The van der Waals surface area contributed by atoms with Gasteiger partial charge in [-0.3, -0.25) is 4.79 Å². The number of urea groups is 1. The molecule has 37 valence electrons. The zero-order chi connectivity index (χ0) is 4.41. The van der Waals surface area contributed by atoms with Crippen molar-refractivity contribution in [2.75, 3.05) is 13.1 Å². The van der Waals surface area contributed by atoms with Crippen LogP contribution in [0.4, 0.5) is 4.79 Å². The van der Waals surface area contributed by atoms with Gasteiger partial charge in [-0.25, -0.2) is 0 Å². The van der Waals surface area contributed by atoms with Gasteiger partial charge in [0.05, 0.1) is 0 Å². The third-order valence-corrected chi connectivity index (χ3v) is 0.643. The first-order chi connectivity index (χ1) is 2.89. The van der Waals surface area contributed by atoms with Gasteiger partial charge in [0.1, 0.15) is 0 Å². The number of hydrogen-bond acceptors (Lipinski definition) is 1. The molecule has 0 saturated carbocycles. The Morgan fingerprint density at radius 3 is 2.57 bits per heavy atom. The second kappa shape index (κ2) is 3.39. The Kier molecular flexibility index (Phi) is 3.57. The Bertz CT molecular complexity index is 67.3. The maximum atomic E-state index is 9.97. The molecule has 0 aromatic heterocycles. The minimum absolute atomic E-state index is 0. The maximum Gasteiger partial charge on any atom is 0.153 e. The Morgan fingerprint density at radius 1 is 1.71 bits per heavy atom. The van der Waals surface area contributed by atoms with Crippen LogP contribution in [0.3, 0.4) is 0 Å². The number of nitrogens with one attached hydrogen (secondary N) is 1. The van der Waals surface area contributed by atoms with Crippen molar-refractivity contribution < 1.29 is 37.5 Å². The molecule has 1 N–H and O–H groups in total. The van der Waals surface area contributed by atoms with Crippen LogP contribution in [0.15, 0.2) is 0 Å². The van der Waals surface area contributed by atoms with Gasteiger partial charge >= 0.3 is 0 Å². The van der Waals surface area contributed by atoms with Crippen LogP contribution in [0.1, 0.15) is 0 Å². The first-order valence-corrected chi connectivity index (χ1v) is 1.85. The van der Waals surface area contributed by atoms with E-state index in [2.05, 4.69) is 10.6 Å². The molecule has 1 fully saturated rings. The molecule has 7 heavy (non-hydrogen) atoms. The summed E-state index contributed by atoms with van der Waals surface area (Å²) >= 11 is 0. The summed E-state index contributed by atoms with van der Waals surface area (Å²) in [6, 6.07) is -0.171. The third kappa shape index (κ3) is 2.24. The molecule has 1 aliphatic rings. The number of amides is 2. The zero-order valence-corrected chi connectivity index (χ0v) is 6.69. The molecule has 0 aromatic carbocycles. The van der Waals surface area contributed by atoms with E-state index in [4.69, 9.17) is 0 Å². The summed E-state index contributed by atoms with van der Waals surface area (Å²) in [5.41, 5.74) is 0. The second-order valence-corrected chi connectivity index (χ2v) is 1.11. The van der Waals surface area contributed by atoms with E-state index in [1.807, 2.05) is 0 Å². The monoisotopic (exact) mass is 174 g/mol. The Hall–Kier alpha value is 0.374. The molecule has 0 aromatic rings. The molecule has 4 heteroatoms. The van der Waals surface area contributed by atoms with Crippen LogP contribution < -0.4 is 5.32 Å². The van der Waals surface area contributed by atoms with E-state index in [0.29, 0.717) is 6.54 Å². The van der Waals surface area contributed by atoms with Gasteiger partial charge < -0.3 is 10.6 Å². The van der Waals surface area contributed by atoms with Crippen molar-refractivity contribution in [3.05, 3.63) is 5.32 Å². The normalized spacial score (nSPS) is 16.9. The summed E-state index contributed by atoms with van der Waals surface area (Å²) in [5, 5.41) is 6.00. The van der Waals surface area contributed by atoms with Gasteiger partial charge in [0, 0.05) is 32.7 Å². The molecule has 1 radical (unpaired) electrons. The van der Waals surface area contributed by atoms with Crippen LogP contribution >= 0.6 is 0 Å². The molecule has 1 saturated heterocycles. The predicted octanol–water partition coefficient (Wildman–Crippen LogP) is 0.0808. The van der Waals surface area contributed by atoms with Crippen LogP contribution in [0.5, 0.6) is 0 Å². The van der Waals surface area contributed by atoms with Gasteiger partial charge in [-0.15, -0.1) is 0 Å². The van der Waals surface area contributed by atoms with Crippen molar-refractivity contribution in [3.8, 4) is 0 Å². The van der Waals surface area contributed by atoms with Crippen molar-refractivity contribution >= 4 is 6.03 Å². The second-order valence-electron chi connectivity index (χ2n) is 1.11. The Balaban J connectivity index is 0.000000360. The van der Waals surface area contributed by atoms with E-state index in [-0.39, 0.29) is 38.7 Å². The quantitative estimate of drug-likeness (QED) is 0.555. The Morgan fingerprint density at radius 2 is 2.43 bits per heavy atom. The summed E-state index contributed by atoms with van der Waals surface area (Å²) in [5.74, 6) is 0. The summed E-state index contributed by atoms with van der Waals surface area (Å²) in [6.45, 7) is 1.37. The summed E-state index contributed by atoms with van der Waals surface area (Å²) in [7, 11) is 0. The smallest absolute Gasteiger partial charge is 0.153 e. The van der Waals surface area contributed by atoms with E-state index in [1.54, 1.807) is 0 Å². The molecular weight excluding hydrogens is 169 g/mol. The molecule has 3 nitrogen and oxygen atoms in total. The molecular formula is C3H5N2OY-. The van der Waals surface area contributed by atoms with E-state index in [1.165, 1.54) is 0 Å². The van der Waals surface area contributed by atoms with Crippen molar-refractivity contribution in [2.24, 2.45) is 0 Å². The van der Waals surface area contributed by atoms with Crippen molar-refractivity contribution in [1.82, 2.24) is 5.32 Å². The molecule has 0 aliphatic carbocycles. The fourth-order valence-electron chi connectivity index (χ4n) is 0.376. The number of carbonyl (C=O) groups is 1. The number of nitrogens with zero attached hydrogens (tertiary/aromatic N) is 1. The topological polar surface area (TPSA) is 43.2 Å². The van der Waals surface area contributed by atoms with E-state index >= 15 is 0 Å². The van der Waals surface area contributed by atoms with Crippen LogP contribution in [0.25, 0.3) is 5.32 Å². The first kappa shape index (κ1) is 7.37. The fraction of sp³-hybridized carbons (Fsp3) is 0.667. The first-order valence-electron chi connectivity index (χ1n) is 1.85. The molecule has 2 amide bonds. The molecule has 0 bridgehead atoms. The summed E-state index contributed by atoms with van der Waals surface area (Å²) < 4.78 is 0. The van der Waals surface area contributed by atoms with Gasteiger partial charge in [0.25, 0.3) is 0 Å². The van der Waals surface area contributed by atoms with Crippen molar-refractivity contribution in [2.45, 2.75) is 0 Å². The van der Waals surface area contributed by atoms with Gasteiger partial charge in [-0.1, -0.05) is 6.54 Å². The third-order valence-electron chi connectivity index (χ3n) is 0.643. The molecule has 0 unspecified atom stereocenters. The van der Waals surface area contributed by atoms with Crippen molar-refractivity contribution in [1.29, 1.82) is 0 Å². The number of hydrogen-bond donors (Lipinski definition) is 1. The molecule has 1 rings (SSSR count). The van der Waals surface area contributed by atoms with Crippen molar-refractivity contribution in [3.63, 3.8) is 0 Å². The number of carbonyl (C=O) groups excluding carboxylic acids is 1. The SMILES string of the molecule is O=C1[N-]CCN1.[Y]. The van der Waals surface area contributed by atoms with Crippen LogP contribution in [-0.2, 0) is 32.7 Å². The van der Waals surface area contributed by atoms with Crippen LogP contribution in [-0.4, -0.2) is 19.1 Å². The fourth-order valence-corrected chi connectivity index (χ4v) is 0.376. The van der Waals surface area contributed by atoms with E-state index < -0.39 is 0 Å². The average Bonchev–Trinajstić information content (AvgIpc) is 1.86. The summed E-state index contributed by atoms with van der Waals surface area (Å²) in [4.78, 5) is 9.97. The molecule has 1 aliphatic heterocycles. The van der Waals surface area contributed by atoms with E-state index in [0.717, 1.165) is 6.54 Å². The van der Waals surface area contributed by atoms with Gasteiger partial charge in [-0.05, 0) is 6.54 Å². The van der Waals surface area contributed by atoms with E-state index in [9.17, 15) is 4.79 Å². The van der Waals surface area contributed by atoms with Gasteiger partial charge in [0.15, 0.2) is 6.03 Å². The zero-order valence-electron chi connectivity index (χ0n) is 3.85. The molecule has 1 heterocycles. The Labute approximate surface area is 67.1 Å². The maximum absolute atomic E-state index is 9.97. The van der Waals surface area contributed by atoms with Gasteiger partial charge in [-0.2, -0.15) is 0 Å². The van der Waals surface area contributed by atoms with Crippen LogP contribution in [0, 0.1) is 0 Å². The summed E-state index contributed by atoms with van der Waals surface area (Å²) in [6.07, 6.45) is 0. The molecule has 0 atom stereocenters. The average molecular weight is 174 g/mol. The predicted molar refractivity (Wildman–Crippen MR) is 21.6 cm³/mol. The van der Waals surface area contributed by atoms with Gasteiger partial charge in [0.2, 0.25) is 0 Å². The largest absolute Gasteiger partial charge is 0.450 e. The standard InChI is InChI=1S/C3H6N2O.Y/c6-3-4-1-2-5-3;/h1-2H2,(H2,4,5,6);/p-1.